The molecule has 3 rings (SSSR count). The molecule has 2 amide bonds. The first-order valence-electron chi connectivity index (χ1n) is 9.33. The maximum Gasteiger partial charge on any atom is 0.419 e. The van der Waals surface area contributed by atoms with Crippen molar-refractivity contribution in [1.82, 2.24) is 14.8 Å². The van der Waals surface area contributed by atoms with E-state index in [4.69, 9.17) is 0 Å². The second kappa shape index (κ2) is 11.5. The largest absolute Gasteiger partial charge is 0.419 e. The van der Waals surface area contributed by atoms with Crippen LogP contribution < -0.4 is 5.32 Å². The van der Waals surface area contributed by atoms with Gasteiger partial charge < -0.3 is 10.2 Å². The lowest BCUT2D eigenvalue weighted by molar-refractivity contribution is -0.139. The molecule has 172 valence electrons. The van der Waals surface area contributed by atoms with Crippen molar-refractivity contribution in [3.8, 4) is 0 Å². The maximum atomic E-state index is 13.4. The summed E-state index contributed by atoms with van der Waals surface area (Å²) in [4.78, 5) is 20.6. The van der Waals surface area contributed by atoms with Crippen molar-refractivity contribution in [3.63, 3.8) is 0 Å². The summed E-state index contributed by atoms with van der Waals surface area (Å²) in [5, 5.41) is 2.47. The molecule has 0 saturated carbocycles. The molecule has 1 saturated heterocycles. The monoisotopic (exact) mass is 482 g/mol. The molecule has 11 heteroatoms. The van der Waals surface area contributed by atoms with Crippen molar-refractivity contribution < 1.29 is 22.4 Å². The number of hydrogen-bond donors (Lipinski definition) is 1. The molecule has 1 fully saturated rings. The molecule has 0 spiro atoms. The van der Waals surface area contributed by atoms with Gasteiger partial charge in [-0.3, -0.25) is 9.88 Å². The van der Waals surface area contributed by atoms with Gasteiger partial charge in [0.1, 0.15) is 5.82 Å². The number of amides is 2. The Balaban J connectivity index is 0.00000240. The zero-order chi connectivity index (χ0) is 21.0. The fourth-order valence-corrected chi connectivity index (χ4v) is 3.54. The Morgan fingerprint density at radius 2 is 2.03 bits per heavy atom. The summed E-state index contributed by atoms with van der Waals surface area (Å²) in [6.45, 7) is 4.40. The van der Waals surface area contributed by atoms with E-state index in [1.165, 1.54) is 0 Å². The van der Waals surface area contributed by atoms with E-state index >= 15 is 0 Å². The number of hydrogen-bond acceptors (Lipinski definition) is 3. The smallest absolute Gasteiger partial charge is 0.320 e. The average Bonchev–Trinajstić information content (AvgIpc) is 3.12. The molecule has 5 nitrogen and oxygen atoms in total. The van der Waals surface area contributed by atoms with Gasteiger partial charge in [-0.25, -0.2) is 9.18 Å². The van der Waals surface area contributed by atoms with E-state index in [0.29, 0.717) is 25.2 Å². The third kappa shape index (κ3) is 6.95. The van der Waals surface area contributed by atoms with E-state index in [-0.39, 0.29) is 36.5 Å². The van der Waals surface area contributed by atoms with Crippen LogP contribution in [0.25, 0.3) is 0 Å². The van der Waals surface area contributed by atoms with Crippen molar-refractivity contribution in [2.24, 2.45) is 0 Å². The van der Waals surface area contributed by atoms with Crippen LogP contribution in [0.2, 0.25) is 0 Å². The summed E-state index contributed by atoms with van der Waals surface area (Å²) in [7, 11) is 0. The molecule has 1 N–H and O–H groups in total. The first kappa shape index (κ1) is 26.9. The van der Waals surface area contributed by atoms with Crippen LogP contribution in [0.4, 0.5) is 28.0 Å². The predicted octanol–water partition coefficient (Wildman–Crippen LogP) is 5.21. The lowest BCUT2D eigenvalue weighted by Gasteiger charge is -2.28. The fraction of sp³-hybridized carbons (Fsp3) is 0.400. The lowest BCUT2D eigenvalue weighted by Crippen LogP contribution is -2.44. The van der Waals surface area contributed by atoms with Gasteiger partial charge in [0.25, 0.3) is 0 Å². The number of pyridine rings is 1. The molecule has 2 heterocycles. The zero-order valence-corrected chi connectivity index (χ0v) is 18.4. The summed E-state index contributed by atoms with van der Waals surface area (Å²) >= 11 is 0. The quantitative estimate of drug-likeness (QED) is 0.594. The predicted molar refractivity (Wildman–Crippen MR) is 115 cm³/mol. The maximum absolute atomic E-state index is 13.4. The molecule has 1 aliphatic rings. The van der Waals surface area contributed by atoms with Crippen molar-refractivity contribution >= 4 is 36.5 Å². The summed E-state index contributed by atoms with van der Waals surface area (Å²) in [5.74, 6) is -1.37. The van der Waals surface area contributed by atoms with Crippen molar-refractivity contribution in [2.75, 3.05) is 25.0 Å². The van der Waals surface area contributed by atoms with Gasteiger partial charge >= 0.3 is 12.2 Å². The van der Waals surface area contributed by atoms with Crippen LogP contribution in [0, 0.1) is 5.82 Å². The molecule has 2 aromatic rings. The second-order valence-electron chi connectivity index (χ2n) is 6.95. The van der Waals surface area contributed by atoms with Gasteiger partial charge in [0.05, 0.1) is 5.56 Å². The number of nitrogens with zero attached hydrogens (tertiary/aromatic N) is 3. The van der Waals surface area contributed by atoms with Crippen LogP contribution >= 0.6 is 24.8 Å². The Kier molecular flexibility index (Phi) is 9.99. The van der Waals surface area contributed by atoms with Crippen molar-refractivity contribution in [2.45, 2.75) is 32.1 Å². The minimum absolute atomic E-state index is 0. The van der Waals surface area contributed by atoms with E-state index in [9.17, 15) is 22.4 Å². The number of likely N-dealkylation sites (tertiary alicyclic amines) is 1. The third-order valence-corrected chi connectivity index (χ3v) is 4.94. The Morgan fingerprint density at radius 1 is 1.29 bits per heavy atom. The SMILES string of the molecule is CCN(C(=O)Nc1ccc(F)c(C(F)(F)F)c1)C1CCN(Cc2cccnc2)C1.Cl.Cl. The van der Waals surface area contributed by atoms with Gasteiger partial charge in [0.15, 0.2) is 0 Å². The number of likely N-dealkylation sites (N-methyl/N-ethyl adjacent to an activating group) is 1. The standard InChI is InChI=1S/C20H22F4N4O.2ClH/c1-2-28(16-7-9-27(13-16)12-14-4-3-8-25-11-14)19(29)26-15-5-6-18(21)17(10-15)20(22,23)24;;/h3-6,8,10-11,16H,2,7,9,12-13H2,1H3,(H,26,29);2*1H. The van der Waals surface area contributed by atoms with Crippen LogP contribution in [0.5, 0.6) is 0 Å². The highest BCUT2D eigenvalue weighted by Crippen LogP contribution is 2.33. The number of anilines is 1. The molecule has 0 radical (unpaired) electrons. The van der Waals surface area contributed by atoms with Gasteiger partial charge in [-0.1, -0.05) is 6.07 Å². The van der Waals surface area contributed by atoms with E-state index in [2.05, 4.69) is 15.2 Å². The van der Waals surface area contributed by atoms with Gasteiger partial charge in [-0.15, -0.1) is 24.8 Å². The number of benzene rings is 1. The van der Waals surface area contributed by atoms with Crippen molar-refractivity contribution in [1.29, 1.82) is 0 Å². The van der Waals surface area contributed by atoms with E-state index in [1.807, 2.05) is 19.1 Å². The van der Waals surface area contributed by atoms with Gasteiger partial charge in [0, 0.05) is 50.3 Å². The third-order valence-electron chi connectivity index (χ3n) is 4.94. The number of aromatic nitrogens is 1. The van der Waals surface area contributed by atoms with Crippen LogP contribution in [0.15, 0.2) is 42.7 Å². The molecular formula is C20H24Cl2F4N4O. The van der Waals surface area contributed by atoms with Crippen LogP contribution in [-0.4, -0.2) is 46.5 Å². The molecule has 1 unspecified atom stereocenters. The first-order valence-corrected chi connectivity index (χ1v) is 9.33. The highest BCUT2D eigenvalue weighted by molar-refractivity contribution is 5.89. The molecular weight excluding hydrogens is 459 g/mol. The summed E-state index contributed by atoms with van der Waals surface area (Å²) in [6.07, 6.45) is -0.560. The topological polar surface area (TPSA) is 48.5 Å². The lowest BCUT2D eigenvalue weighted by atomic mass is 10.2. The minimum atomic E-state index is -4.83. The van der Waals surface area contributed by atoms with E-state index < -0.39 is 23.6 Å². The molecule has 1 aromatic carbocycles. The van der Waals surface area contributed by atoms with Gasteiger partial charge in [-0.05, 0) is 43.2 Å². The molecule has 1 aromatic heterocycles. The number of halogens is 6. The van der Waals surface area contributed by atoms with Crippen molar-refractivity contribution in [3.05, 3.63) is 59.7 Å². The summed E-state index contributed by atoms with van der Waals surface area (Å²) < 4.78 is 52.1. The van der Waals surface area contributed by atoms with E-state index in [1.54, 1.807) is 17.3 Å². The highest BCUT2D eigenvalue weighted by atomic mass is 35.5. The number of urea groups is 1. The number of nitrogens with one attached hydrogen (secondary N) is 1. The van der Waals surface area contributed by atoms with Crippen LogP contribution in [-0.2, 0) is 12.7 Å². The molecule has 1 atom stereocenters. The summed E-state index contributed by atoms with van der Waals surface area (Å²) in [5.41, 5.74) is -0.416. The minimum Gasteiger partial charge on any atom is -0.320 e. The number of rotatable bonds is 5. The highest BCUT2D eigenvalue weighted by Gasteiger charge is 2.35. The Bertz CT molecular complexity index is 855. The second-order valence-corrected chi connectivity index (χ2v) is 6.95. The molecule has 0 aliphatic carbocycles. The molecule has 1 aliphatic heterocycles. The fourth-order valence-electron chi connectivity index (χ4n) is 3.54. The Hall–Kier alpha value is -2.10. The average molecular weight is 483 g/mol. The normalized spacial score (nSPS) is 16.2. The van der Waals surface area contributed by atoms with Crippen LogP contribution in [0.3, 0.4) is 0 Å². The number of carbonyl (C=O) groups is 1. The molecule has 0 bridgehead atoms. The van der Waals surface area contributed by atoms with Crippen LogP contribution in [0.1, 0.15) is 24.5 Å². The number of alkyl halides is 3. The first-order chi connectivity index (χ1) is 13.8. The molecule has 31 heavy (non-hydrogen) atoms. The Labute approximate surface area is 190 Å². The van der Waals surface area contributed by atoms with E-state index in [0.717, 1.165) is 31.1 Å². The number of carbonyl (C=O) groups excluding carboxylic acids is 1. The Morgan fingerprint density at radius 3 is 2.65 bits per heavy atom. The van der Waals surface area contributed by atoms with Gasteiger partial charge in [0.2, 0.25) is 0 Å². The zero-order valence-electron chi connectivity index (χ0n) is 16.7. The van der Waals surface area contributed by atoms with Gasteiger partial charge in [-0.2, -0.15) is 13.2 Å². The summed E-state index contributed by atoms with van der Waals surface area (Å²) in [6, 6.07) is 5.74.